The molecule has 2 amide bonds. The van der Waals surface area contributed by atoms with E-state index in [1.807, 2.05) is 0 Å². The van der Waals surface area contributed by atoms with Crippen molar-refractivity contribution in [3.8, 4) is 17.0 Å². The summed E-state index contributed by atoms with van der Waals surface area (Å²) >= 11 is 0. The number of aromatic hydroxyl groups is 1. The number of amides is 2. The quantitative estimate of drug-likeness (QED) is 0.607. The molecule has 10 heteroatoms. The molecule has 0 radical (unpaired) electrons. The molecule has 1 unspecified atom stereocenters. The number of carbonyl (C=O) groups excluding carboxylic acids is 2. The van der Waals surface area contributed by atoms with E-state index < -0.39 is 23.4 Å². The molecular weight excluding hydrogens is 401 g/mol. The van der Waals surface area contributed by atoms with Crippen LogP contribution >= 0.6 is 0 Å². The van der Waals surface area contributed by atoms with Crippen LogP contribution < -0.4 is 16.0 Å². The Morgan fingerprint density at radius 3 is 2.60 bits per heavy atom. The summed E-state index contributed by atoms with van der Waals surface area (Å²) in [5, 5.41) is 18.5. The van der Waals surface area contributed by atoms with Crippen molar-refractivity contribution in [1.82, 2.24) is 15.6 Å². The molecule has 1 aromatic carbocycles. The maximum Gasteiger partial charge on any atom is 0.416 e. The Hall–Kier alpha value is -3.30. The molecule has 1 atom stereocenters. The van der Waals surface area contributed by atoms with Crippen molar-refractivity contribution in [2.75, 3.05) is 18.9 Å². The molecule has 2 heterocycles. The maximum absolute atomic E-state index is 13.0. The molecular formula is C20H21F3N4O3. The molecule has 0 bridgehead atoms. The summed E-state index contributed by atoms with van der Waals surface area (Å²) in [4.78, 5) is 28.2. The van der Waals surface area contributed by atoms with Gasteiger partial charge in [0, 0.05) is 31.6 Å². The van der Waals surface area contributed by atoms with Gasteiger partial charge in [-0.25, -0.2) is 4.98 Å². The number of hydrogen-bond acceptors (Lipinski definition) is 5. The predicted molar refractivity (Wildman–Crippen MR) is 104 cm³/mol. The first-order chi connectivity index (χ1) is 14.1. The van der Waals surface area contributed by atoms with Gasteiger partial charge in [-0.1, -0.05) is 0 Å². The second-order valence-corrected chi connectivity index (χ2v) is 7.04. The van der Waals surface area contributed by atoms with Gasteiger partial charge < -0.3 is 21.1 Å². The largest absolute Gasteiger partial charge is 0.507 e. The minimum absolute atomic E-state index is 0.0610. The molecule has 1 aromatic heterocycles. The van der Waals surface area contributed by atoms with Crippen LogP contribution in [-0.2, 0) is 11.0 Å². The van der Waals surface area contributed by atoms with Crippen molar-refractivity contribution in [3.63, 3.8) is 0 Å². The molecule has 0 aliphatic carbocycles. The van der Waals surface area contributed by atoms with Crippen molar-refractivity contribution in [2.45, 2.75) is 32.0 Å². The number of nitrogens with zero attached hydrogens (tertiary/aromatic N) is 1. The van der Waals surface area contributed by atoms with E-state index in [0.29, 0.717) is 25.5 Å². The van der Waals surface area contributed by atoms with Gasteiger partial charge in [0.2, 0.25) is 5.91 Å². The van der Waals surface area contributed by atoms with Crippen LogP contribution in [0.2, 0.25) is 0 Å². The number of benzene rings is 1. The lowest BCUT2D eigenvalue weighted by molar-refractivity contribution is -0.137. The molecule has 1 saturated heterocycles. The van der Waals surface area contributed by atoms with E-state index in [1.165, 1.54) is 19.1 Å². The van der Waals surface area contributed by atoms with Crippen LogP contribution in [0.1, 0.15) is 34.3 Å². The monoisotopic (exact) mass is 422 g/mol. The summed E-state index contributed by atoms with van der Waals surface area (Å²) in [6.45, 7) is 1.78. The number of aromatic nitrogens is 1. The number of alkyl halides is 3. The lowest BCUT2D eigenvalue weighted by Gasteiger charge is -2.24. The molecule has 160 valence electrons. The van der Waals surface area contributed by atoms with Gasteiger partial charge in [0.15, 0.2) is 0 Å². The van der Waals surface area contributed by atoms with Crippen molar-refractivity contribution in [3.05, 3.63) is 41.0 Å². The third-order valence-corrected chi connectivity index (χ3v) is 4.88. The average Bonchev–Trinajstić information content (AvgIpc) is 2.68. The number of phenolic OH excluding ortho intramolecular Hbond substituents is 1. The Balaban J connectivity index is 1.89. The van der Waals surface area contributed by atoms with Gasteiger partial charge in [-0.3, -0.25) is 9.59 Å². The lowest BCUT2D eigenvalue weighted by Crippen LogP contribution is -2.47. The zero-order valence-electron chi connectivity index (χ0n) is 16.4. The average molecular weight is 422 g/mol. The fourth-order valence-corrected chi connectivity index (χ4v) is 3.36. The van der Waals surface area contributed by atoms with Gasteiger partial charge >= 0.3 is 6.18 Å². The molecule has 3 rings (SSSR count). The Morgan fingerprint density at radius 1 is 1.30 bits per heavy atom. The highest BCUT2D eigenvalue weighted by Crippen LogP contribution is 2.39. The molecule has 1 aliphatic heterocycles. The van der Waals surface area contributed by atoms with Crippen LogP contribution in [0.4, 0.5) is 19.0 Å². The first-order valence-corrected chi connectivity index (χ1v) is 9.27. The maximum atomic E-state index is 13.0. The van der Waals surface area contributed by atoms with E-state index in [0.717, 1.165) is 6.07 Å². The summed E-state index contributed by atoms with van der Waals surface area (Å²) in [7, 11) is 1.56. The topological polar surface area (TPSA) is 103 Å². The highest BCUT2D eigenvalue weighted by Gasteiger charge is 2.32. The van der Waals surface area contributed by atoms with Gasteiger partial charge in [-0.15, -0.1) is 0 Å². The standard InChI is InChI=1S/C20H21F3N4O3/c1-10-7-11(20(21,22)23)8-15(28)17(10)14-5-4-13(18(24-2)27-14)19(30)26-12-3-6-16(29)25-9-12/h4-5,7-8,12,28H,3,6,9H2,1-2H3,(H,24,27)(H,25,29)(H,26,30). The number of halogens is 3. The third-order valence-electron chi connectivity index (χ3n) is 4.88. The third kappa shape index (κ3) is 4.47. The van der Waals surface area contributed by atoms with Crippen LogP contribution in [0, 0.1) is 6.92 Å². The van der Waals surface area contributed by atoms with Gasteiger partial charge in [-0.05, 0) is 43.2 Å². The smallest absolute Gasteiger partial charge is 0.416 e. The molecule has 7 nitrogen and oxygen atoms in total. The number of nitrogens with one attached hydrogen (secondary N) is 3. The van der Waals surface area contributed by atoms with Crippen LogP contribution in [0.3, 0.4) is 0 Å². The van der Waals surface area contributed by atoms with Crippen molar-refractivity contribution < 1.29 is 27.9 Å². The number of carbonyl (C=O) groups is 2. The molecule has 2 aromatic rings. The van der Waals surface area contributed by atoms with Crippen LogP contribution in [-0.4, -0.2) is 41.5 Å². The molecule has 1 fully saturated rings. The number of anilines is 1. The van der Waals surface area contributed by atoms with Gasteiger partial charge in [0.1, 0.15) is 11.6 Å². The highest BCUT2D eigenvalue weighted by atomic mass is 19.4. The fraction of sp³-hybridized carbons (Fsp3) is 0.350. The number of pyridine rings is 1. The van der Waals surface area contributed by atoms with Gasteiger partial charge in [-0.2, -0.15) is 13.2 Å². The van der Waals surface area contributed by atoms with E-state index in [1.54, 1.807) is 7.05 Å². The van der Waals surface area contributed by atoms with E-state index in [2.05, 4.69) is 20.9 Å². The van der Waals surface area contributed by atoms with Crippen molar-refractivity contribution in [1.29, 1.82) is 0 Å². The fourth-order valence-electron chi connectivity index (χ4n) is 3.36. The second kappa shape index (κ2) is 8.21. The Bertz CT molecular complexity index is 959. The summed E-state index contributed by atoms with van der Waals surface area (Å²) in [5.41, 5.74) is -0.133. The van der Waals surface area contributed by atoms with Crippen LogP contribution in [0.25, 0.3) is 11.3 Å². The van der Waals surface area contributed by atoms with Crippen LogP contribution in [0.15, 0.2) is 24.3 Å². The van der Waals surface area contributed by atoms with Gasteiger partial charge in [0.25, 0.3) is 5.91 Å². The molecule has 1 aliphatic rings. The molecule has 4 N–H and O–H groups in total. The minimum atomic E-state index is -4.58. The van der Waals surface area contributed by atoms with Gasteiger partial charge in [0.05, 0.1) is 16.8 Å². The minimum Gasteiger partial charge on any atom is -0.507 e. The zero-order chi connectivity index (χ0) is 22.1. The van der Waals surface area contributed by atoms with E-state index >= 15 is 0 Å². The van der Waals surface area contributed by atoms with Crippen LogP contribution in [0.5, 0.6) is 5.75 Å². The number of aryl methyl sites for hydroxylation is 1. The Labute approximate surface area is 170 Å². The molecule has 0 saturated carbocycles. The van der Waals surface area contributed by atoms with E-state index in [-0.39, 0.29) is 40.2 Å². The zero-order valence-corrected chi connectivity index (χ0v) is 16.4. The number of phenols is 1. The summed E-state index contributed by atoms with van der Waals surface area (Å²) in [6.07, 6.45) is -3.73. The molecule has 30 heavy (non-hydrogen) atoms. The summed E-state index contributed by atoms with van der Waals surface area (Å²) in [5.74, 6) is -0.794. The van der Waals surface area contributed by atoms with Crippen molar-refractivity contribution in [2.24, 2.45) is 0 Å². The highest BCUT2D eigenvalue weighted by molar-refractivity contribution is 5.99. The SMILES string of the molecule is CNc1nc(-c2c(C)cc(C(F)(F)F)cc2O)ccc1C(=O)NC1CCC(=O)NC1. The number of rotatable bonds is 4. The summed E-state index contributed by atoms with van der Waals surface area (Å²) in [6, 6.07) is 4.34. The Morgan fingerprint density at radius 2 is 2.03 bits per heavy atom. The molecule has 0 spiro atoms. The predicted octanol–water partition coefficient (Wildman–Crippen LogP) is 2.83. The van der Waals surface area contributed by atoms with Crippen molar-refractivity contribution >= 4 is 17.6 Å². The lowest BCUT2D eigenvalue weighted by atomic mass is 9.99. The number of hydrogen-bond donors (Lipinski definition) is 4. The van der Waals surface area contributed by atoms with E-state index in [4.69, 9.17) is 0 Å². The van der Waals surface area contributed by atoms with E-state index in [9.17, 15) is 27.9 Å². The Kier molecular flexibility index (Phi) is 5.86. The second-order valence-electron chi connectivity index (χ2n) is 7.04. The first-order valence-electron chi connectivity index (χ1n) is 9.27. The summed E-state index contributed by atoms with van der Waals surface area (Å²) < 4.78 is 38.9. The normalized spacial score (nSPS) is 16.7. The number of piperidine rings is 1. The first kappa shape index (κ1) is 21.4.